The molecule has 5 heteroatoms. The van der Waals surface area contributed by atoms with Crippen LogP contribution in [0.3, 0.4) is 0 Å². The van der Waals surface area contributed by atoms with Crippen molar-refractivity contribution < 1.29 is 19.0 Å². The van der Waals surface area contributed by atoms with Crippen molar-refractivity contribution in [3.63, 3.8) is 0 Å². The van der Waals surface area contributed by atoms with Crippen LogP contribution in [0.1, 0.15) is 43.9 Å². The average Bonchev–Trinajstić information content (AvgIpc) is 2.60. The fraction of sp³-hybridized carbons (Fsp3) is 0.455. The maximum atomic E-state index is 14.7. The largest absolute Gasteiger partial charge is 0.395 e. The molecule has 0 aliphatic carbocycles. The Morgan fingerprint density at radius 3 is 1.93 bits per heavy atom. The molecule has 3 nitrogen and oxygen atoms in total. The van der Waals surface area contributed by atoms with E-state index in [2.05, 4.69) is 0 Å². The molecule has 0 saturated carbocycles. The summed E-state index contributed by atoms with van der Waals surface area (Å²) < 4.78 is 29.2. The van der Waals surface area contributed by atoms with Crippen LogP contribution < -0.4 is 0 Å². The fourth-order valence-electron chi connectivity index (χ4n) is 3.56. The molecular formula is C22H28F2NO2. The number of halogens is 2. The quantitative estimate of drug-likeness (QED) is 0.734. The highest BCUT2D eigenvalue weighted by molar-refractivity contribution is 5.30. The number of benzene rings is 2. The summed E-state index contributed by atoms with van der Waals surface area (Å²) in [5, 5.41) is 21.8. The first kappa shape index (κ1) is 21.5. The molecule has 0 bridgehead atoms. The van der Waals surface area contributed by atoms with E-state index in [1.807, 2.05) is 25.7 Å². The molecule has 27 heavy (non-hydrogen) atoms. The predicted molar refractivity (Wildman–Crippen MR) is 102 cm³/mol. The van der Waals surface area contributed by atoms with Crippen LogP contribution >= 0.6 is 0 Å². The maximum absolute atomic E-state index is 14.7. The lowest BCUT2D eigenvalue weighted by Crippen LogP contribution is -2.41. The Hall–Kier alpha value is -1.82. The molecule has 2 rings (SSSR count). The van der Waals surface area contributed by atoms with Gasteiger partial charge in [-0.1, -0.05) is 57.2 Å². The summed E-state index contributed by atoms with van der Waals surface area (Å²) in [5.41, 5.74) is 0.471. The van der Waals surface area contributed by atoms with Gasteiger partial charge in [0.2, 0.25) is 0 Å². The van der Waals surface area contributed by atoms with Gasteiger partial charge in [0.1, 0.15) is 11.6 Å². The molecule has 147 valence electrons. The number of hydrogen-bond donors (Lipinski definition) is 1. The second-order valence-electron chi connectivity index (χ2n) is 8.02. The van der Waals surface area contributed by atoms with Gasteiger partial charge in [0.25, 0.3) is 0 Å². The van der Waals surface area contributed by atoms with Gasteiger partial charge in [0.15, 0.2) is 0 Å². The maximum Gasteiger partial charge on any atom is 0.128 e. The van der Waals surface area contributed by atoms with Crippen LogP contribution in [0.2, 0.25) is 0 Å². The van der Waals surface area contributed by atoms with E-state index in [9.17, 15) is 19.0 Å². The van der Waals surface area contributed by atoms with Crippen molar-refractivity contribution in [2.45, 2.75) is 32.7 Å². The second-order valence-corrected chi connectivity index (χ2v) is 8.02. The van der Waals surface area contributed by atoms with Gasteiger partial charge in [-0.05, 0) is 23.1 Å². The van der Waals surface area contributed by atoms with Gasteiger partial charge in [-0.15, -0.1) is 0 Å². The van der Waals surface area contributed by atoms with Crippen LogP contribution in [0.25, 0.3) is 0 Å². The smallest absolute Gasteiger partial charge is 0.128 e. The van der Waals surface area contributed by atoms with Gasteiger partial charge in [-0.3, -0.25) is 4.90 Å². The second kappa shape index (κ2) is 9.40. The van der Waals surface area contributed by atoms with E-state index in [-0.39, 0.29) is 24.1 Å². The molecule has 0 aromatic heterocycles. The molecular weight excluding hydrogens is 348 g/mol. The van der Waals surface area contributed by atoms with Gasteiger partial charge in [0, 0.05) is 30.6 Å². The lowest BCUT2D eigenvalue weighted by atomic mass is 9.84. The molecule has 2 aromatic carbocycles. The number of aliphatic hydroxyl groups excluding tert-OH is 1. The van der Waals surface area contributed by atoms with Crippen molar-refractivity contribution in [2.24, 2.45) is 5.41 Å². The van der Waals surface area contributed by atoms with E-state index in [0.29, 0.717) is 12.1 Å². The summed E-state index contributed by atoms with van der Waals surface area (Å²) in [7, 11) is 0. The Morgan fingerprint density at radius 1 is 0.963 bits per heavy atom. The molecule has 2 atom stereocenters. The topological polar surface area (TPSA) is 43.4 Å². The molecule has 1 N–H and O–H groups in total. The number of nitrogens with zero attached hydrogens (tertiary/aromatic N) is 1. The number of aliphatic hydroxyl groups is 1. The van der Waals surface area contributed by atoms with E-state index in [1.54, 1.807) is 36.4 Å². The Balaban J connectivity index is 2.60. The lowest BCUT2D eigenvalue weighted by molar-refractivity contribution is 0.0612. The summed E-state index contributed by atoms with van der Waals surface area (Å²) in [5.74, 6) is -1.69. The van der Waals surface area contributed by atoms with Gasteiger partial charge in [-0.2, -0.15) is 0 Å². The molecule has 0 amide bonds. The Bertz CT molecular complexity index is 730. The standard InChI is InChI=1S/C22H28F2NO2/c1-22(2,3)15-25(12-13-26)21(17-9-5-7-11-20(17)24)18(14-27)16-8-4-6-10-19(16)23/h4-11,18,21,26H,12-15H2,1-3H3. The minimum absolute atomic E-state index is 0.135. The van der Waals surface area contributed by atoms with Crippen molar-refractivity contribution >= 4 is 0 Å². The molecule has 0 fully saturated rings. The van der Waals surface area contributed by atoms with E-state index < -0.39 is 30.2 Å². The van der Waals surface area contributed by atoms with E-state index in [0.717, 1.165) is 0 Å². The Labute approximate surface area is 160 Å². The molecule has 0 heterocycles. The third-order valence-corrected chi connectivity index (χ3v) is 4.55. The highest BCUT2D eigenvalue weighted by Crippen LogP contribution is 2.39. The Kier molecular flexibility index (Phi) is 7.48. The van der Waals surface area contributed by atoms with Gasteiger partial charge in [-0.25, -0.2) is 13.9 Å². The molecule has 0 aliphatic heterocycles. The summed E-state index contributed by atoms with van der Waals surface area (Å²) >= 11 is 0. The van der Waals surface area contributed by atoms with Crippen molar-refractivity contribution in [2.75, 3.05) is 26.3 Å². The zero-order valence-corrected chi connectivity index (χ0v) is 16.2. The highest BCUT2D eigenvalue weighted by atomic mass is 19.1. The van der Waals surface area contributed by atoms with Crippen LogP contribution in [-0.4, -0.2) is 36.3 Å². The summed E-state index contributed by atoms with van der Waals surface area (Å²) in [6, 6.07) is 11.8. The third-order valence-electron chi connectivity index (χ3n) is 4.55. The molecule has 0 saturated heterocycles. The van der Waals surface area contributed by atoms with Crippen LogP contribution in [0.4, 0.5) is 8.78 Å². The first-order valence-corrected chi connectivity index (χ1v) is 9.20. The molecule has 0 spiro atoms. The van der Waals surface area contributed by atoms with Crippen LogP contribution in [-0.2, 0) is 5.11 Å². The van der Waals surface area contributed by atoms with E-state index in [1.165, 1.54) is 12.1 Å². The third kappa shape index (κ3) is 5.58. The lowest BCUT2D eigenvalue weighted by Gasteiger charge is -2.40. The normalized spacial score (nSPS) is 14.4. The van der Waals surface area contributed by atoms with Crippen LogP contribution in [0, 0.1) is 17.0 Å². The zero-order valence-electron chi connectivity index (χ0n) is 16.2. The van der Waals surface area contributed by atoms with E-state index >= 15 is 0 Å². The van der Waals surface area contributed by atoms with Crippen molar-refractivity contribution in [1.29, 1.82) is 0 Å². The van der Waals surface area contributed by atoms with Crippen molar-refractivity contribution in [3.8, 4) is 0 Å². The van der Waals surface area contributed by atoms with Gasteiger partial charge >= 0.3 is 0 Å². The SMILES string of the molecule is CC(C)(C)CN(CCO)C(c1ccccc1F)C(C[O])c1ccccc1F. The summed E-state index contributed by atoms with van der Waals surface area (Å²) in [4.78, 5) is 1.90. The first-order chi connectivity index (χ1) is 12.8. The summed E-state index contributed by atoms with van der Waals surface area (Å²) in [6.45, 7) is 6.16. The summed E-state index contributed by atoms with van der Waals surface area (Å²) in [6.07, 6.45) is 0. The minimum Gasteiger partial charge on any atom is -0.395 e. The van der Waals surface area contributed by atoms with Gasteiger partial charge < -0.3 is 5.11 Å². The highest BCUT2D eigenvalue weighted by Gasteiger charge is 2.35. The monoisotopic (exact) mass is 376 g/mol. The van der Waals surface area contributed by atoms with E-state index in [4.69, 9.17) is 0 Å². The molecule has 2 unspecified atom stereocenters. The number of hydrogen-bond acceptors (Lipinski definition) is 2. The predicted octanol–water partition coefficient (Wildman–Crippen LogP) is 4.56. The molecule has 1 radical (unpaired) electrons. The average molecular weight is 376 g/mol. The minimum atomic E-state index is -0.781. The molecule has 0 aliphatic rings. The van der Waals surface area contributed by atoms with Crippen molar-refractivity contribution in [1.82, 2.24) is 4.90 Å². The van der Waals surface area contributed by atoms with Crippen LogP contribution in [0.15, 0.2) is 48.5 Å². The fourth-order valence-corrected chi connectivity index (χ4v) is 3.56. The number of rotatable bonds is 8. The van der Waals surface area contributed by atoms with Crippen molar-refractivity contribution in [3.05, 3.63) is 71.3 Å². The molecule has 2 aromatic rings. The zero-order chi connectivity index (χ0) is 20.0. The van der Waals surface area contributed by atoms with Crippen LogP contribution in [0.5, 0.6) is 0 Å². The van der Waals surface area contributed by atoms with Gasteiger partial charge in [0.05, 0.1) is 13.2 Å². The Morgan fingerprint density at radius 2 is 1.48 bits per heavy atom. The first-order valence-electron chi connectivity index (χ1n) is 9.20.